The fourth-order valence-corrected chi connectivity index (χ4v) is 2.26. The van der Waals surface area contributed by atoms with Crippen molar-refractivity contribution in [3.63, 3.8) is 0 Å². The summed E-state index contributed by atoms with van der Waals surface area (Å²) in [6.45, 7) is 0. The molecule has 0 aliphatic rings. The lowest BCUT2D eigenvalue weighted by Crippen LogP contribution is -2.11. The van der Waals surface area contributed by atoms with Gasteiger partial charge >= 0.3 is 0 Å². The van der Waals surface area contributed by atoms with Crippen LogP contribution in [0.25, 0.3) is 0 Å². The number of H-pyrrole nitrogens is 2. The van der Waals surface area contributed by atoms with Crippen molar-refractivity contribution in [1.29, 1.82) is 0 Å². The largest absolute Gasteiger partial charge is 0.383 e. The van der Waals surface area contributed by atoms with Gasteiger partial charge in [-0.05, 0) is 27.7 Å². The van der Waals surface area contributed by atoms with Gasteiger partial charge in [0.2, 0.25) is 0 Å². The van der Waals surface area contributed by atoms with E-state index in [1.54, 1.807) is 0 Å². The Kier molecular flexibility index (Phi) is 3.29. The summed E-state index contributed by atoms with van der Waals surface area (Å²) in [5.41, 5.74) is 4.77. The molecule has 0 atom stereocenters. The van der Waals surface area contributed by atoms with Crippen LogP contribution in [0.1, 0.15) is 0 Å². The fourth-order valence-electron chi connectivity index (χ4n) is 1.03. The summed E-state index contributed by atoms with van der Waals surface area (Å²) in [5.74, 6) is 0.109. The molecule has 0 radical (unpaired) electrons. The molecule has 88 valence electrons. The summed E-state index contributed by atoms with van der Waals surface area (Å²) < 4.78 is 0.273. The van der Waals surface area contributed by atoms with Crippen LogP contribution >= 0.6 is 27.7 Å². The summed E-state index contributed by atoms with van der Waals surface area (Å²) in [6.07, 6.45) is 1.26. The van der Waals surface area contributed by atoms with Gasteiger partial charge in [-0.15, -0.1) is 0 Å². The molecule has 0 aliphatic heterocycles. The highest BCUT2D eigenvalue weighted by Crippen LogP contribution is 2.26. The summed E-state index contributed by atoms with van der Waals surface area (Å²) in [5, 5.41) is 0.663. The number of aromatic amines is 2. The smallest absolute Gasteiger partial charge is 0.266 e. The van der Waals surface area contributed by atoms with Crippen LogP contribution in [0.2, 0.25) is 0 Å². The molecule has 17 heavy (non-hydrogen) atoms. The van der Waals surface area contributed by atoms with Crippen LogP contribution in [0.4, 0.5) is 5.82 Å². The van der Waals surface area contributed by atoms with E-state index in [0.717, 1.165) is 11.8 Å². The molecule has 2 heterocycles. The molecule has 2 rings (SSSR count). The third-order valence-corrected chi connectivity index (χ3v) is 3.59. The molecular formula is C8H6BrN5O2S. The van der Waals surface area contributed by atoms with Crippen molar-refractivity contribution in [2.24, 2.45) is 0 Å². The molecule has 0 saturated heterocycles. The third kappa shape index (κ3) is 2.74. The number of hydrogen-bond donors (Lipinski definition) is 3. The van der Waals surface area contributed by atoms with Crippen molar-refractivity contribution in [3.05, 3.63) is 37.6 Å². The van der Waals surface area contributed by atoms with E-state index < -0.39 is 0 Å². The van der Waals surface area contributed by atoms with Crippen LogP contribution in [0, 0.1) is 0 Å². The molecule has 0 saturated carbocycles. The quantitative estimate of drug-likeness (QED) is 0.543. The van der Waals surface area contributed by atoms with E-state index in [2.05, 4.69) is 35.9 Å². The molecule has 2 aromatic rings. The highest BCUT2D eigenvalue weighted by atomic mass is 79.9. The first-order valence-corrected chi connectivity index (χ1v) is 5.95. The molecule has 0 aliphatic carbocycles. The Morgan fingerprint density at radius 3 is 2.88 bits per heavy atom. The van der Waals surface area contributed by atoms with E-state index in [-0.39, 0.29) is 26.6 Å². The van der Waals surface area contributed by atoms with Crippen LogP contribution in [-0.2, 0) is 0 Å². The molecule has 0 amide bonds. The van der Waals surface area contributed by atoms with E-state index in [1.807, 2.05) is 0 Å². The minimum absolute atomic E-state index is 0.109. The average Bonchev–Trinajstić information content (AvgIpc) is 2.23. The molecule has 2 aromatic heterocycles. The molecule has 9 heteroatoms. The van der Waals surface area contributed by atoms with Crippen LogP contribution < -0.4 is 16.9 Å². The Morgan fingerprint density at radius 2 is 2.18 bits per heavy atom. The Hall–Kier alpha value is -1.61. The summed E-state index contributed by atoms with van der Waals surface area (Å²) >= 11 is 4.13. The number of nitrogen functional groups attached to an aromatic ring is 1. The number of aromatic nitrogens is 4. The predicted octanol–water partition coefficient (Wildman–Crippen LogP) is 0.349. The molecule has 0 unspecified atom stereocenters. The van der Waals surface area contributed by atoms with Crippen molar-refractivity contribution in [2.45, 2.75) is 10.2 Å². The van der Waals surface area contributed by atoms with Gasteiger partial charge < -0.3 is 15.7 Å². The minimum Gasteiger partial charge on any atom is -0.383 e. The Bertz CT molecular complexity index is 667. The van der Waals surface area contributed by atoms with Crippen molar-refractivity contribution in [3.8, 4) is 0 Å². The Balaban J connectivity index is 2.41. The Labute approximate surface area is 107 Å². The number of halogens is 1. The zero-order valence-electron chi connectivity index (χ0n) is 8.23. The van der Waals surface area contributed by atoms with Gasteiger partial charge in [0.05, 0.1) is 6.33 Å². The average molecular weight is 316 g/mol. The van der Waals surface area contributed by atoms with E-state index in [1.165, 1.54) is 12.4 Å². The van der Waals surface area contributed by atoms with Gasteiger partial charge in [0.15, 0.2) is 5.16 Å². The van der Waals surface area contributed by atoms with Gasteiger partial charge in [0, 0.05) is 6.07 Å². The molecule has 0 spiro atoms. The maximum atomic E-state index is 11.3. The van der Waals surface area contributed by atoms with Crippen LogP contribution in [0.3, 0.4) is 0 Å². The summed E-state index contributed by atoms with van der Waals surface area (Å²) in [4.78, 5) is 35.2. The Morgan fingerprint density at radius 1 is 1.41 bits per heavy atom. The zero-order chi connectivity index (χ0) is 12.4. The van der Waals surface area contributed by atoms with E-state index in [9.17, 15) is 9.59 Å². The molecular weight excluding hydrogens is 310 g/mol. The van der Waals surface area contributed by atoms with Gasteiger partial charge in [0.25, 0.3) is 11.1 Å². The van der Waals surface area contributed by atoms with Gasteiger partial charge in [-0.1, -0.05) is 0 Å². The number of nitrogens with one attached hydrogen (secondary N) is 2. The second-order valence-corrected chi connectivity index (χ2v) is 4.70. The molecule has 7 nitrogen and oxygen atoms in total. The number of hydrogen-bond acceptors (Lipinski definition) is 6. The van der Waals surface area contributed by atoms with Crippen molar-refractivity contribution >= 4 is 33.5 Å². The van der Waals surface area contributed by atoms with Gasteiger partial charge in [-0.3, -0.25) is 9.59 Å². The van der Waals surface area contributed by atoms with Crippen molar-refractivity contribution in [2.75, 3.05) is 5.73 Å². The lowest BCUT2D eigenvalue weighted by molar-refractivity contribution is 0.929. The van der Waals surface area contributed by atoms with Crippen LogP contribution in [0.5, 0.6) is 0 Å². The first-order valence-electron chi connectivity index (χ1n) is 4.34. The topological polar surface area (TPSA) is 118 Å². The lowest BCUT2D eigenvalue weighted by Gasteiger charge is -2.01. The van der Waals surface area contributed by atoms with Crippen molar-refractivity contribution < 1.29 is 0 Å². The first kappa shape index (κ1) is 11.9. The minimum atomic E-state index is -0.360. The van der Waals surface area contributed by atoms with Crippen molar-refractivity contribution in [1.82, 2.24) is 19.9 Å². The number of rotatable bonds is 2. The highest BCUT2D eigenvalue weighted by molar-refractivity contribution is 9.10. The van der Waals surface area contributed by atoms with Crippen LogP contribution in [0.15, 0.2) is 36.6 Å². The van der Waals surface area contributed by atoms with Gasteiger partial charge in [-0.25, -0.2) is 9.97 Å². The summed E-state index contributed by atoms with van der Waals surface area (Å²) in [6, 6.07) is 1.17. The standard InChI is InChI=1S/C8H6BrN5O2S/c9-5-6(16)11-2-12-7(5)17-8-13-3(10)1-4(15)14-8/h1-2H,(H,11,12,16)(H3,10,13,14,15). The molecule has 4 N–H and O–H groups in total. The number of nitrogens with zero attached hydrogens (tertiary/aromatic N) is 2. The maximum absolute atomic E-state index is 11.3. The second-order valence-electron chi connectivity index (χ2n) is 2.93. The monoisotopic (exact) mass is 315 g/mol. The van der Waals surface area contributed by atoms with E-state index in [4.69, 9.17) is 5.73 Å². The fraction of sp³-hybridized carbons (Fsp3) is 0. The third-order valence-electron chi connectivity index (χ3n) is 1.70. The molecule has 0 fully saturated rings. The van der Waals surface area contributed by atoms with Crippen LogP contribution in [-0.4, -0.2) is 19.9 Å². The normalized spacial score (nSPS) is 10.4. The second kappa shape index (κ2) is 4.72. The number of nitrogens with two attached hydrogens (primary N) is 1. The van der Waals surface area contributed by atoms with Gasteiger partial charge in [-0.2, -0.15) is 0 Å². The first-order chi connectivity index (χ1) is 8.06. The number of anilines is 1. The van der Waals surface area contributed by atoms with E-state index >= 15 is 0 Å². The maximum Gasteiger partial charge on any atom is 0.266 e. The molecule has 0 aromatic carbocycles. The summed E-state index contributed by atoms with van der Waals surface area (Å²) in [7, 11) is 0. The predicted molar refractivity (Wildman–Crippen MR) is 66.0 cm³/mol. The van der Waals surface area contributed by atoms with E-state index in [0.29, 0.717) is 5.03 Å². The van der Waals surface area contributed by atoms with Gasteiger partial charge in [0.1, 0.15) is 15.3 Å². The SMILES string of the molecule is Nc1cc(=O)[nH]c(Sc2nc[nH]c(=O)c2Br)n1. The zero-order valence-corrected chi connectivity index (χ0v) is 10.6. The highest BCUT2D eigenvalue weighted by Gasteiger charge is 2.09. The molecule has 0 bridgehead atoms. The lowest BCUT2D eigenvalue weighted by atomic mass is 10.6.